The van der Waals surface area contributed by atoms with Gasteiger partial charge in [-0.3, -0.25) is 0 Å². The Balaban J connectivity index is 2.10. The van der Waals surface area contributed by atoms with E-state index in [0.717, 1.165) is 33.4 Å². The van der Waals surface area contributed by atoms with Gasteiger partial charge in [-0.2, -0.15) is 0 Å². The van der Waals surface area contributed by atoms with E-state index < -0.39 is 0 Å². The van der Waals surface area contributed by atoms with Crippen molar-refractivity contribution in [3.8, 4) is 5.88 Å². The number of fused-ring (bicyclic) bond motifs is 1. The van der Waals surface area contributed by atoms with Crippen molar-refractivity contribution in [1.82, 2.24) is 15.0 Å². The largest absolute Gasteiger partial charge is 0.493 e. The monoisotopic (exact) mass is 295 g/mol. The Hall–Kier alpha value is -2.76. The van der Waals surface area contributed by atoms with E-state index in [2.05, 4.69) is 25.2 Å². The van der Waals surface area contributed by atoms with Crippen LogP contribution in [0.3, 0.4) is 0 Å². The fraction of sp³-hybridized carbons (Fsp3) is 0.250. The first-order valence-electron chi connectivity index (χ1n) is 7.00. The highest BCUT2D eigenvalue weighted by Gasteiger charge is 2.13. The van der Waals surface area contributed by atoms with Gasteiger partial charge >= 0.3 is 0 Å². The summed E-state index contributed by atoms with van der Waals surface area (Å²) in [5.41, 5.74) is 5.08. The van der Waals surface area contributed by atoms with Crippen LogP contribution in [0, 0.1) is 27.7 Å². The number of nitrogens with zero attached hydrogens (tertiary/aromatic N) is 4. The van der Waals surface area contributed by atoms with Crippen LogP contribution in [0.1, 0.15) is 22.5 Å². The zero-order chi connectivity index (χ0) is 15.9. The quantitative estimate of drug-likeness (QED) is 0.690. The van der Waals surface area contributed by atoms with Gasteiger partial charge in [-0.05, 0) is 45.4 Å². The molecule has 2 N–H and O–H groups in total. The fourth-order valence-electron chi connectivity index (χ4n) is 2.57. The summed E-state index contributed by atoms with van der Waals surface area (Å²) in [7, 11) is 0. The summed E-state index contributed by atoms with van der Waals surface area (Å²) < 4.78 is 0. The van der Waals surface area contributed by atoms with Gasteiger partial charge < -0.3 is 10.1 Å². The Labute approximate surface area is 128 Å². The highest BCUT2D eigenvalue weighted by molar-refractivity contribution is 5.96. The zero-order valence-corrected chi connectivity index (χ0v) is 13.0. The van der Waals surface area contributed by atoms with Crippen molar-refractivity contribution in [3.63, 3.8) is 0 Å². The lowest BCUT2D eigenvalue weighted by Crippen LogP contribution is -1.87. The van der Waals surface area contributed by atoms with E-state index in [1.165, 1.54) is 0 Å². The summed E-state index contributed by atoms with van der Waals surface area (Å²) in [6, 6.07) is 5.89. The maximum absolute atomic E-state index is 10.1. The van der Waals surface area contributed by atoms with Gasteiger partial charge in [0.2, 0.25) is 5.88 Å². The van der Waals surface area contributed by atoms with Gasteiger partial charge in [-0.15, -0.1) is 10.2 Å². The van der Waals surface area contributed by atoms with Crippen molar-refractivity contribution in [2.75, 3.05) is 0 Å². The summed E-state index contributed by atoms with van der Waals surface area (Å²) in [5.74, 6) is 0.285. The number of hydrogen-bond donors (Lipinski definition) is 2. The van der Waals surface area contributed by atoms with Crippen LogP contribution in [0.2, 0.25) is 0 Å². The average molecular weight is 295 g/mol. The first-order chi connectivity index (χ1) is 10.4. The average Bonchev–Trinajstić information content (AvgIpc) is 2.72. The molecule has 0 saturated carbocycles. The molecule has 0 aliphatic carbocycles. The molecule has 0 saturated heterocycles. The van der Waals surface area contributed by atoms with E-state index >= 15 is 0 Å². The fourth-order valence-corrected chi connectivity index (χ4v) is 2.57. The summed E-state index contributed by atoms with van der Waals surface area (Å²) in [6.07, 6.45) is 0. The molecule has 0 radical (unpaired) electrons. The third-order valence-electron chi connectivity index (χ3n) is 3.41. The third-order valence-corrected chi connectivity index (χ3v) is 3.41. The second kappa shape index (κ2) is 5.22. The Morgan fingerprint density at radius 1 is 0.955 bits per heavy atom. The SMILES string of the molecule is Cc1cc(C)c2[nH]c(O)c(N=Nc3nc(C)cc(C)n3)c2c1. The number of aromatic amines is 1. The van der Waals surface area contributed by atoms with Crippen LogP contribution in [-0.2, 0) is 0 Å². The van der Waals surface area contributed by atoms with Crippen molar-refractivity contribution < 1.29 is 5.11 Å². The number of benzene rings is 1. The van der Waals surface area contributed by atoms with Crippen molar-refractivity contribution in [1.29, 1.82) is 0 Å². The predicted molar refractivity (Wildman–Crippen MR) is 85.1 cm³/mol. The number of nitrogens with one attached hydrogen (secondary N) is 1. The molecule has 0 unspecified atom stereocenters. The van der Waals surface area contributed by atoms with Gasteiger partial charge in [0.15, 0.2) is 5.69 Å². The molecule has 0 aliphatic rings. The highest BCUT2D eigenvalue weighted by atomic mass is 16.3. The summed E-state index contributed by atoms with van der Waals surface area (Å²) in [5, 5.41) is 19.1. The maximum atomic E-state index is 10.1. The molecule has 3 rings (SSSR count). The summed E-state index contributed by atoms with van der Waals surface area (Å²) in [6.45, 7) is 7.75. The molecule has 0 aliphatic heterocycles. The van der Waals surface area contributed by atoms with E-state index in [0.29, 0.717) is 5.69 Å². The van der Waals surface area contributed by atoms with Crippen molar-refractivity contribution in [2.45, 2.75) is 27.7 Å². The predicted octanol–water partition coefficient (Wildman–Crippen LogP) is 4.31. The lowest BCUT2D eigenvalue weighted by atomic mass is 10.1. The third kappa shape index (κ3) is 2.55. The van der Waals surface area contributed by atoms with E-state index in [9.17, 15) is 5.11 Å². The zero-order valence-electron chi connectivity index (χ0n) is 13.0. The Morgan fingerprint density at radius 3 is 2.32 bits per heavy atom. The van der Waals surface area contributed by atoms with Gasteiger partial charge in [0, 0.05) is 16.8 Å². The lowest BCUT2D eigenvalue weighted by Gasteiger charge is -1.99. The Kier molecular flexibility index (Phi) is 3.36. The molecule has 1 aromatic carbocycles. The molecule has 2 heterocycles. The van der Waals surface area contributed by atoms with Gasteiger partial charge in [0.1, 0.15) is 0 Å². The molecule has 112 valence electrons. The molecular weight excluding hydrogens is 278 g/mol. The van der Waals surface area contributed by atoms with Crippen molar-refractivity contribution in [2.24, 2.45) is 10.2 Å². The number of rotatable bonds is 2. The molecule has 0 bridgehead atoms. The van der Waals surface area contributed by atoms with E-state index in [-0.39, 0.29) is 11.8 Å². The molecule has 6 nitrogen and oxygen atoms in total. The van der Waals surface area contributed by atoms with Gasteiger partial charge in [0.05, 0.1) is 5.52 Å². The molecule has 22 heavy (non-hydrogen) atoms. The van der Waals surface area contributed by atoms with Crippen LogP contribution in [0.5, 0.6) is 5.88 Å². The molecule has 0 spiro atoms. The normalized spacial score (nSPS) is 11.6. The number of azo groups is 1. The van der Waals surface area contributed by atoms with Crippen LogP contribution >= 0.6 is 0 Å². The number of hydrogen-bond acceptors (Lipinski definition) is 5. The highest BCUT2D eigenvalue weighted by Crippen LogP contribution is 2.37. The standard InChI is InChI=1S/C16H17N5O/c1-8-5-9(2)13-12(6-8)14(15(22)19-13)20-21-16-17-10(3)7-11(4)18-16/h5-7,19,22H,1-4H3. The summed E-state index contributed by atoms with van der Waals surface area (Å²) in [4.78, 5) is 11.4. The molecule has 6 heteroatoms. The first-order valence-corrected chi connectivity index (χ1v) is 7.00. The first kappa shape index (κ1) is 14.2. The maximum Gasteiger partial charge on any atom is 0.269 e. The Morgan fingerprint density at radius 2 is 1.64 bits per heavy atom. The van der Waals surface area contributed by atoms with Crippen LogP contribution in [0.15, 0.2) is 28.4 Å². The molecule has 2 aromatic heterocycles. The van der Waals surface area contributed by atoms with Crippen LogP contribution in [0.25, 0.3) is 10.9 Å². The molecule has 0 amide bonds. The van der Waals surface area contributed by atoms with Crippen LogP contribution < -0.4 is 0 Å². The second-order valence-electron chi connectivity index (χ2n) is 5.48. The van der Waals surface area contributed by atoms with Crippen LogP contribution in [0.4, 0.5) is 11.6 Å². The van der Waals surface area contributed by atoms with Crippen molar-refractivity contribution in [3.05, 3.63) is 40.7 Å². The van der Waals surface area contributed by atoms with E-state index in [1.54, 1.807) is 0 Å². The molecule has 0 atom stereocenters. The van der Waals surface area contributed by atoms with Crippen LogP contribution in [-0.4, -0.2) is 20.1 Å². The molecule has 0 fully saturated rings. The Bertz CT molecular complexity index is 875. The topological polar surface area (TPSA) is 86.5 Å². The van der Waals surface area contributed by atoms with Gasteiger partial charge in [-0.1, -0.05) is 11.6 Å². The smallest absolute Gasteiger partial charge is 0.269 e. The van der Waals surface area contributed by atoms with Crippen molar-refractivity contribution >= 4 is 22.5 Å². The number of aromatic hydroxyl groups is 1. The minimum atomic E-state index is -0.00294. The molecule has 3 aromatic rings. The summed E-state index contributed by atoms with van der Waals surface area (Å²) >= 11 is 0. The minimum absolute atomic E-state index is 0.00294. The minimum Gasteiger partial charge on any atom is -0.493 e. The molecular formula is C16H17N5O. The number of H-pyrrole nitrogens is 1. The number of aryl methyl sites for hydroxylation is 4. The number of aromatic nitrogens is 3. The van der Waals surface area contributed by atoms with Gasteiger partial charge in [0.25, 0.3) is 5.95 Å². The second-order valence-corrected chi connectivity index (χ2v) is 5.48. The van der Waals surface area contributed by atoms with E-state index in [1.807, 2.05) is 45.9 Å². The lowest BCUT2D eigenvalue weighted by molar-refractivity contribution is 0.459. The van der Waals surface area contributed by atoms with E-state index in [4.69, 9.17) is 0 Å². The van der Waals surface area contributed by atoms with Gasteiger partial charge in [-0.25, -0.2) is 9.97 Å².